The highest BCUT2D eigenvalue weighted by molar-refractivity contribution is 5.89. The van der Waals surface area contributed by atoms with Crippen molar-refractivity contribution in [2.45, 2.75) is 25.8 Å². The lowest BCUT2D eigenvalue weighted by molar-refractivity contribution is -0.934. The highest BCUT2D eigenvalue weighted by Crippen LogP contribution is 2.37. The summed E-state index contributed by atoms with van der Waals surface area (Å²) in [5.41, 5.74) is 5.42. The quantitative estimate of drug-likeness (QED) is 0.336. The molecule has 0 spiro atoms. The molecular weight excluding hydrogens is 328 g/mol. The van der Waals surface area contributed by atoms with Crippen LogP contribution in [0, 0.1) is 5.92 Å². The Morgan fingerprint density at radius 1 is 1.38 bits per heavy atom. The van der Waals surface area contributed by atoms with Crippen molar-refractivity contribution in [3.8, 4) is 0 Å². The SMILES string of the molecule is C/C=C1/C[NH+]2CCc3c([nH]c4ccccc34)[C@@H]2C[C@@H]1/C(=C/O)C(=O)OC. The van der Waals surface area contributed by atoms with E-state index in [9.17, 15) is 9.90 Å². The van der Waals surface area contributed by atoms with Crippen molar-refractivity contribution in [2.75, 3.05) is 20.2 Å². The Hall–Kier alpha value is -2.53. The molecule has 3 N–H and O–H groups in total. The fourth-order valence-corrected chi connectivity index (χ4v) is 4.75. The minimum atomic E-state index is -0.451. The minimum Gasteiger partial charge on any atom is -0.515 e. The first kappa shape index (κ1) is 16.9. The maximum Gasteiger partial charge on any atom is 0.337 e. The largest absolute Gasteiger partial charge is 0.515 e. The molecule has 5 heteroatoms. The van der Waals surface area contributed by atoms with Gasteiger partial charge in [0.15, 0.2) is 0 Å². The second-order valence-electron chi connectivity index (χ2n) is 7.18. The van der Waals surface area contributed by atoms with E-state index in [1.165, 1.54) is 39.7 Å². The number of esters is 1. The van der Waals surface area contributed by atoms with Gasteiger partial charge in [-0.3, -0.25) is 0 Å². The van der Waals surface area contributed by atoms with Gasteiger partial charge in [-0.2, -0.15) is 0 Å². The van der Waals surface area contributed by atoms with Crippen molar-refractivity contribution in [3.05, 3.63) is 59.0 Å². The molecule has 0 amide bonds. The third-order valence-electron chi connectivity index (χ3n) is 6.04. The number of piperidine rings is 1. The summed E-state index contributed by atoms with van der Waals surface area (Å²) in [6, 6.07) is 8.74. The zero-order chi connectivity index (χ0) is 18.3. The molecule has 3 atom stereocenters. The Balaban J connectivity index is 1.75. The molecule has 2 aliphatic heterocycles. The van der Waals surface area contributed by atoms with Gasteiger partial charge in [-0.1, -0.05) is 24.3 Å². The number of fused-ring (bicyclic) bond motifs is 5. The van der Waals surface area contributed by atoms with Gasteiger partial charge in [-0.15, -0.1) is 0 Å². The summed E-state index contributed by atoms with van der Waals surface area (Å²) in [5, 5.41) is 11.0. The van der Waals surface area contributed by atoms with Crippen LogP contribution in [0.2, 0.25) is 0 Å². The molecule has 2 aromatic rings. The second kappa shape index (κ2) is 6.65. The Labute approximate surface area is 153 Å². The van der Waals surface area contributed by atoms with E-state index in [2.05, 4.69) is 35.3 Å². The van der Waals surface area contributed by atoms with Gasteiger partial charge in [0.1, 0.15) is 6.04 Å². The van der Waals surface area contributed by atoms with E-state index in [0.29, 0.717) is 11.6 Å². The zero-order valence-electron chi connectivity index (χ0n) is 15.2. The van der Waals surface area contributed by atoms with Gasteiger partial charge in [0, 0.05) is 29.7 Å². The molecule has 0 saturated carbocycles. The van der Waals surface area contributed by atoms with Crippen molar-refractivity contribution in [2.24, 2.45) is 5.92 Å². The van der Waals surface area contributed by atoms with E-state index < -0.39 is 5.97 Å². The van der Waals surface area contributed by atoms with E-state index in [1.54, 1.807) is 0 Å². The Morgan fingerprint density at radius 3 is 2.92 bits per heavy atom. The first-order valence-corrected chi connectivity index (χ1v) is 9.19. The molecule has 1 unspecified atom stereocenters. The molecule has 4 rings (SSSR count). The van der Waals surface area contributed by atoms with Gasteiger partial charge in [-0.25, -0.2) is 4.79 Å². The average Bonchev–Trinajstić information content (AvgIpc) is 3.07. The number of methoxy groups -OCH3 is 1. The fourth-order valence-electron chi connectivity index (χ4n) is 4.75. The predicted octanol–water partition coefficient (Wildman–Crippen LogP) is 2.23. The summed E-state index contributed by atoms with van der Waals surface area (Å²) >= 11 is 0. The summed E-state index contributed by atoms with van der Waals surface area (Å²) in [5.74, 6) is -0.559. The van der Waals surface area contributed by atoms with Gasteiger partial charge in [0.05, 0.1) is 37.7 Å². The zero-order valence-corrected chi connectivity index (χ0v) is 15.2. The van der Waals surface area contributed by atoms with Crippen LogP contribution in [0.5, 0.6) is 0 Å². The van der Waals surface area contributed by atoms with Crippen molar-refractivity contribution in [1.29, 1.82) is 0 Å². The maximum atomic E-state index is 12.2. The first-order chi connectivity index (χ1) is 12.7. The van der Waals surface area contributed by atoms with Crippen LogP contribution < -0.4 is 4.90 Å². The van der Waals surface area contributed by atoms with Crippen molar-refractivity contribution >= 4 is 16.9 Å². The smallest absolute Gasteiger partial charge is 0.337 e. The van der Waals surface area contributed by atoms with E-state index >= 15 is 0 Å². The lowest BCUT2D eigenvalue weighted by Crippen LogP contribution is -3.14. The first-order valence-electron chi connectivity index (χ1n) is 9.19. The highest BCUT2D eigenvalue weighted by atomic mass is 16.5. The number of quaternary nitrogens is 1. The van der Waals surface area contributed by atoms with E-state index in [1.807, 2.05) is 6.92 Å². The van der Waals surface area contributed by atoms with Crippen LogP contribution in [0.15, 0.2) is 47.7 Å². The molecule has 5 nitrogen and oxygen atoms in total. The topological polar surface area (TPSA) is 66.8 Å². The van der Waals surface area contributed by atoms with Crippen LogP contribution in [0.4, 0.5) is 0 Å². The van der Waals surface area contributed by atoms with Crippen LogP contribution in [0.3, 0.4) is 0 Å². The van der Waals surface area contributed by atoms with E-state index in [0.717, 1.165) is 32.2 Å². The molecule has 0 aliphatic carbocycles. The number of allylic oxidation sites excluding steroid dienone is 1. The van der Waals surface area contributed by atoms with Gasteiger partial charge in [-0.05, 0) is 24.1 Å². The molecule has 1 saturated heterocycles. The summed E-state index contributed by atoms with van der Waals surface area (Å²) in [4.78, 5) is 17.3. The number of hydrogen-bond donors (Lipinski definition) is 3. The van der Waals surface area contributed by atoms with Crippen LogP contribution in [-0.2, 0) is 16.0 Å². The second-order valence-corrected chi connectivity index (χ2v) is 7.18. The van der Waals surface area contributed by atoms with Crippen molar-refractivity contribution < 1.29 is 19.5 Å². The molecule has 136 valence electrons. The summed E-state index contributed by atoms with van der Waals surface area (Å²) in [7, 11) is 1.36. The lowest BCUT2D eigenvalue weighted by atomic mass is 9.78. The monoisotopic (exact) mass is 353 g/mol. The normalized spacial score (nSPS) is 27.2. The summed E-state index contributed by atoms with van der Waals surface area (Å²) in [6.45, 7) is 3.97. The third kappa shape index (κ3) is 2.54. The van der Waals surface area contributed by atoms with Crippen LogP contribution in [0.1, 0.15) is 30.6 Å². The van der Waals surface area contributed by atoms with Gasteiger partial charge in [0.25, 0.3) is 0 Å². The molecule has 0 bridgehead atoms. The van der Waals surface area contributed by atoms with E-state index in [4.69, 9.17) is 4.74 Å². The third-order valence-corrected chi connectivity index (χ3v) is 6.04. The number of benzene rings is 1. The number of hydrogen-bond acceptors (Lipinski definition) is 3. The number of carbonyl (C=O) groups is 1. The number of aromatic amines is 1. The van der Waals surface area contributed by atoms with Crippen molar-refractivity contribution in [1.82, 2.24) is 4.98 Å². The molecule has 2 aliphatic rings. The Kier molecular flexibility index (Phi) is 4.32. The standard InChI is InChI=1S/C21H24N2O3/c1-3-13-11-23-9-8-15-14-6-4-5-7-18(14)22-20(15)19(23)10-16(13)17(12-24)21(25)26-2/h3-7,12,16,19,22,24H,8-11H2,1-2H3/p+1/b13-3-,17-12-/t16-,19-/m0/s1. The Bertz CT molecular complexity index is 909. The number of aliphatic hydroxyl groups excluding tert-OH is 1. The van der Waals surface area contributed by atoms with Crippen LogP contribution >= 0.6 is 0 Å². The molecule has 1 fully saturated rings. The lowest BCUT2D eigenvalue weighted by Gasteiger charge is -2.40. The van der Waals surface area contributed by atoms with Crippen molar-refractivity contribution in [3.63, 3.8) is 0 Å². The Morgan fingerprint density at radius 2 is 2.19 bits per heavy atom. The maximum absolute atomic E-state index is 12.2. The van der Waals surface area contributed by atoms with Crippen LogP contribution in [-0.4, -0.2) is 36.3 Å². The van der Waals surface area contributed by atoms with E-state index in [-0.39, 0.29) is 5.92 Å². The summed E-state index contributed by atoms with van der Waals surface area (Å²) in [6.07, 6.45) is 4.86. The molecule has 0 radical (unpaired) electrons. The number of aromatic nitrogens is 1. The number of rotatable bonds is 2. The molecule has 1 aromatic carbocycles. The number of nitrogens with one attached hydrogen (secondary N) is 2. The molecule has 1 aromatic heterocycles. The molecular formula is C21H25N2O3+. The number of H-pyrrole nitrogens is 1. The number of aliphatic hydroxyl groups is 1. The van der Waals surface area contributed by atoms with Gasteiger partial charge >= 0.3 is 5.97 Å². The molecule has 26 heavy (non-hydrogen) atoms. The average molecular weight is 353 g/mol. The minimum absolute atomic E-state index is 0.108. The summed E-state index contributed by atoms with van der Waals surface area (Å²) < 4.78 is 4.89. The fraction of sp³-hybridized carbons (Fsp3) is 0.381. The predicted molar refractivity (Wildman–Crippen MR) is 100 cm³/mol. The van der Waals surface area contributed by atoms with Gasteiger partial charge in [0.2, 0.25) is 0 Å². The number of para-hydroxylation sites is 1. The van der Waals surface area contributed by atoms with Crippen LogP contribution in [0.25, 0.3) is 10.9 Å². The molecule has 3 heterocycles. The number of carbonyl (C=O) groups excluding carboxylic acids is 1. The number of ether oxygens (including phenoxy) is 1. The van der Waals surface area contributed by atoms with Gasteiger partial charge < -0.3 is 19.7 Å². The highest BCUT2D eigenvalue weighted by Gasteiger charge is 2.43.